The molecule has 1 aliphatic carbocycles. The van der Waals surface area contributed by atoms with Gasteiger partial charge in [0.2, 0.25) is 5.91 Å². The number of alkyl halides is 3. The quantitative estimate of drug-likeness (QED) is 0.732. The third-order valence-corrected chi connectivity index (χ3v) is 5.08. The Labute approximate surface area is 167 Å². The maximum absolute atomic E-state index is 12.7. The van der Waals surface area contributed by atoms with Crippen molar-refractivity contribution < 1.29 is 27.8 Å². The number of ether oxygens (including phenoxy) is 1. The first kappa shape index (κ1) is 21.2. The average Bonchev–Trinajstić information content (AvgIpc) is 3.45. The molecule has 3 rings (SSSR count). The second kappa shape index (κ2) is 8.06. The summed E-state index contributed by atoms with van der Waals surface area (Å²) in [6, 6.07) is 10.3. The molecule has 1 amide bonds. The van der Waals surface area contributed by atoms with E-state index >= 15 is 0 Å². The van der Waals surface area contributed by atoms with E-state index in [2.05, 4.69) is 11.4 Å². The fourth-order valence-corrected chi connectivity index (χ4v) is 3.39. The van der Waals surface area contributed by atoms with Crippen LogP contribution in [0.15, 0.2) is 42.5 Å². The largest absolute Gasteiger partial charge is 0.491 e. The summed E-state index contributed by atoms with van der Waals surface area (Å²) in [5.74, 6) is 0.0911. The van der Waals surface area contributed by atoms with Crippen molar-refractivity contribution in [2.24, 2.45) is 0 Å². The lowest BCUT2D eigenvalue weighted by Crippen LogP contribution is -2.40. The zero-order valence-electron chi connectivity index (χ0n) is 16.3. The van der Waals surface area contributed by atoms with Crippen LogP contribution < -0.4 is 10.1 Å². The highest BCUT2D eigenvalue weighted by Crippen LogP contribution is 2.48. The number of aliphatic hydroxyl groups excluding tert-OH is 1. The summed E-state index contributed by atoms with van der Waals surface area (Å²) in [6.45, 7) is 3.86. The lowest BCUT2D eigenvalue weighted by Gasteiger charge is -2.19. The van der Waals surface area contributed by atoms with Gasteiger partial charge in [-0.1, -0.05) is 29.3 Å². The Balaban J connectivity index is 1.50. The molecule has 0 spiro atoms. The number of aliphatic hydroxyl groups is 1. The van der Waals surface area contributed by atoms with Gasteiger partial charge in [-0.2, -0.15) is 13.2 Å². The summed E-state index contributed by atoms with van der Waals surface area (Å²) in [5, 5.41) is 12.8. The van der Waals surface area contributed by atoms with Crippen molar-refractivity contribution in [2.75, 3.05) is 13.2 Å². The first-order valence-electron chi connectivity index (χ1n) is 9.45. The molecule has 0 heterocycles. The standard InChI is InChI=1S/C22H24F3NO3/c1-14-9-15(2)11-17(10-14)21(7-8-21)20(28)26-12-18(27)13-29-19-5-3-16(4-6-19)22(23,24)25/h3-6,9-11,18,27H,7-8,12-13H2,1-2H3,(H,26,28). The number of aryl methyl sites for hydroxylation is 2. The molecule has 0 saturated heterocycles. The van der Waals surface area contributed by atoms with Gasteiger partial charge in [-0.3, -0.25) is 4.79 Å². The summed E-state index contributed by atoms with van der Waals surface area (Å²) in [4.78, 5) is 12.7. The van der Waals surface area contributed by atoms with E-state index in [1.165, 1.54) is 12.1 Å². The van der Waals surface area contributed by atoms with Crippen LogP contribution >= 0.6 is 0 Å². The van der Waals surface area contributed by atoms with Crippen molar-refractivity contribution in [3.05, 3.63) is 64.7 Å². The molecular weight excluding hydrogens is 383 g/mol. The van der Waals surface area contributed by atoms with Crippen LogP contribution in [0.3, 0.4) is 0 Å². The molecule has 1 unspecified atom stereocenters. The third kappa shape index (κ3) is 5.09. The predicted octanol–water partition coefficient (Wildman–Crippen LogP) is 3.91. The molecule has 156 valence electrons. The van der Waals surface area contributed by atoms with Crippen molar-refractivity contribution in [1.29, 1.82) is 0 Å². The Kier molecular flexibility index (Phi) is 5.89. The number of hydrogen-bond donors (Lipinski definition) is 2. The molecule has 0 radical (unpaired) electrons. The molecule has 2 aromatic rings. The number of amides is 1. The minimum absolute atomic E-state index is 0.00597. The summed E-state index contributed by atoms with van der Waals surface area (Å²) in [6.07, 6.45) is -3.85. The SMILES string of the molecule is Cc1cc(C)cc(C2(C(=O)NCC(O)COc3ccc(C(F)(F)F)cc3)CC2)c1. The van der Waals surface area contributed by atoms with Gasteiger partial charge in [-0.15, -0.1) is 0 Å². The molecule has 4 nitrogen and oxygen atoms in total. The predicted molar refractivity (Wildman–Crippen MR) is 103 cm³/mol. The first-order valence-corrected chi connectivity index (χ1v) is 9.45. The van der Waals surface area contributed by atoms with E-state index in [0.29, 0.717) is 0 Å². The molecule has 7 heteroatoms. The van der Waals surface area contributed by atoms with E-state index in [0.717, 1.165) is 41.7 Å². The van der Waals surface area contributed by atoms with Crippen molar-refractivity contribution in [3.63, 3.8) is 0 Å². The monoisotopic (exact) mass is 407 g/mol. The first-order chi connectivity index (χ1) is 13.6. The van der Waals surface area contributed by atoms with E-state index < -0.39 is 23.3 Å². The van der Waals surface area contributed by atoms with Gasteiger partial charge in [-0.05, 0) is 56.5 Å². The van der Waals surface area contributed by atoms with Crippen LogP contribution in [0.25, 0.3) is 0 Å². The van der Waals surface area contributed by atoms with Gasteiger partial charge in [0.1, 0.15) is 18.5 Å². The Morgan fingerprint density at radius 2 is 1.72 bits per heavy atom. The second-order valence-electron chi connectivity index (χ2n) is 7.66. The summed E-state index contributed by atoms with van der Waals surface area (Å²) in [7, 11) is 0. The van der Waals surface area contributed by atoms with Crippen LogP contribution in [0.1, 0.15) is 35.1 Å². The van der Waals surface area contributed by atoms with Crippen molar-refractivity contribution in [3.8, 4) is 5.75 Å². The normalized spacial score (nSPS) is 16.2. The van der Waals surface area contributed by atoms with Crippen LogP contribution in [0.4, 0.5) is 13.2 Å². The number of benzene rings is 2. The molecule has 2 N–H and O–H groups in total. The zero-order chi connectivity index (χ0) is 21.2. The highest BCUT2D eigenvalue weighted by atomic mass is 19.4. The average molecular weight is 407 g/mol. The number of hydrogen-bond acceptors (Lipinski definition) is 3. The Bertz CT molecular complexity index is 854. The van der Waals surface area contributed by atoms with Crippen LogP contribution in [0.2, 0.25) is 0 Å². The minimum Gasteiger partial charge on any atom is -0.491 e. The van der Waals surface area contributed by atoms with Gasteiger partial charge < -0.3 is 15.2 Å². The maximum Gasteiger partial charge on any atom is 0.416 e. The maximum atomic E-state index is 12.7. The number of halogens is 3. The topological polar surface area (TPSA) is 58.6 Å². The van der Waals surface area contributed by atoms with E-state index in [-0.39, 0.29) is 24.8 Å². The lowest BCUT2D eigenvalue weighted by molar-refractivity contribution is -0.137. The van der Waals surface area contributed by atoms with Crippen molar-refractivity contribution in [1.82, 2.24) is 5.32 Å². The smallest absolute Gasteiger partial charge is 0.416 e. The van der Waals surface area contributed by atoms with Gasteiger partial charge in [-0.25, -0.2) is 0 Å². The van der Waals surface area contributed by atoms with Crippen molar-refractivity contribution in [2.45, 2.75) is 44.4 Å². The molecule has 29 heavy (non-hydrogen) atoms. The fraction of sp³-hybridized carbons (Fsp3) is 0.409. The molecule has 1 aliphatic rings. The number of carbonyl (C=O) groups is 1. The minimum atomic E-state index is -4.41. The lowest BCUT2D eigenvalue weighted by atomic mass is 9.92. The third-order valence-electron chi connectivity index (χ3n) is 5.08. The number of carbonyl (C=O) groups excluding carboxylic acids is 1. The molecule has 0 aliphatic heterocycles. The van der Waals surface area contributed by atoms with Gasteiger partial charge in [0, 0.05) is 6.54 Å². The number of nitrogens with one attached hydrogen (secondary N) is 1. The molecule has 1 saturated carbocycles. The van der Waals surface area contributed by atoms with Gasteiger partial charge in [0.25, 0.3) is 0 Å². The molecule has 2 aromatic carbocycles. The molecule has 0 aromatic heterocycles. The van der Waals surface area contributed by atoms with Crippen molar-refractivity contribution >= 4 is 5.91 Å². The Hall–Kier alpha value is -2.54. The number of rotatable bonds is 7. The summed E-state index contributed by atoms with van der Waals surface area (Å²) in [5.41, 5.74) is 1.89. The van der Waals surface area contributed by atoms with Crippen LogP contribution in [0, 0.1) is 13.8 Å². The van der Waals surface area contributed by atoms with Crippen LogP contribution in [0.5, 0.6) is 5.75 Å². The van der Waals surface area contributed by atoms with Gasteiger partial charge >= 0.3 is 6.18 Å². The molecule has 1 atom stereocenters. The van der Waals surface area contributed by atoms with Crippen LogP contribution in [-0.2, 0) is 16.4 Å². The Morgan fingerprint density at radius 3 is 2.24 bits per heavy atom. The van der Waals surface area contributed by atoms with E-state index in [1.807, 2.05) is 26.0 Å². The summed E-state index contributed by atoms with van der Waals surface area (Å²) >= 11 is 0. The second-order valence-corrected chi connectivity index (χ2v) is 7.66. The fourth-order valence-electron chi connectivity index (χ4n) is 3.39. The zero-order valence-corrected chi connectivity index (χ0v) is 16.3. The van der Waals surface area contributed by atoms with E-state index in [9.17, 15) is 23.1 Å². The molecule has 0 bridgehead atoms. The van der Waals surface area contributed by atoms with Gasteiger partial charge in [0.05, 0.1) is 11.0 Å². The van der Waals surface area contributed by atoms with Crippen LogP contribution in [-0.4, -0.2) is 30.3 Å². The summed E-state index contributed by atoms with van der Waals surface area (Å²) < 4.78 is 43.0. The molecular formula is C22H24F3NO3. The highest BCUT2D eigenvalue weighted by Gasteiger charge is 2.51. The molecule has 1 fully saturated rings. The highest BCUT2D eigenvalue weighted by molar-refractivity contribution is 5.91. The van der Waals surface area contributed by atoms with Gasteiger partial charge in [0.15, 0.2) is 0 Å². The van der Waals surface area contributed by atoms with E-state index in [1.54, 1.807) is 0 Å². The Morgan fingerprint density at radius 1 is 1.14 bits per heavy atom. The van der Waals surface area contributed by atoms with E-state index in [4.69, 9.17) is 4.74 Å².